The maximum Gasteiger partial charge on any atom is 0.233 e. The lowest BCUT2D eigenvalue weighted by Gasteiger charge is -2.19. The second kappa shape index (κ2) is 5.43. The van der Waals surface area contributed by atoms with Crippen LogP contribution in [-0.4, -0.2) is 34.4 Å². The molecule has 0 bridgehead atoms. The minimum Gasteiger partial charge on any atom is -0.492 e. The molecule has 116 valence electrons. The molecule has 4 rings (SSSR count). The number of hydrogen-bond acceptors (Lipinski definition) is 3. The Bertz CT molecular complexity index is 838. The second-order valence-electron chi connectivity index (χ2n) is 5.80. The summed E-state index contributed by atoms with van der Waals surface area (Å²) >= 11 is 0. The van der Waals surface area contributed by atoms with Crippen LogP contribution in [-0.2, 0) is 11.3 Å². The van der Waals surface area contributed by atoms with E-state index < -0.39 is 0 Å². The number of fused-ring (bicyclic) bond motifs is 2. The monoisotopic (exact) mass is 307 g/mol. The third-order valence-electron chi connectivity index (χ3n) is 4.20. The van der Waals surface area contributed by atoms with Crippen molar-refractivity contribution in [1.82, 2.24) is 14.9 Å². The molecule has 0 saturated heterocycles. The number of aromatic nitrogens is 2. The molecular formula is C18H17N3O2. The second-order valence-corrected chi connectivity index (χ2v) is 5.80. The molecule has 0 fully saturated rings. The number of nitrogens with zero attached hydrogens (tertiary/aromatic N) is 2. The lowest BCUT2D eigenvalue weighted by molar-refractivity contribution is -0.132. The number of H-pyrrole nitrogens is 1. The molecule has 5 heteroatoms. The van der Waals surface area contributed by atoms with Gasteiger partial charge in [-0.2, -0.15) is 0 Å². The lowest BCUT2D eigenvalue weighted by atomic mass is 10.00. The number of benzene rings is 2. The molecular weight excluding hydrogens is 290 g/mol. The zero-order chi connectivity index (χ0) is 15.8. The Labute approximate surface area is 133 Å². The normalized spacial score (nSPS) is 16.1. The fraction of sp³-hybridized carbons (Fsp3) is 0.222. The Morgan fingerprint density at radius 2 is 2.04 bits per heavy atom. The van der Waals surface area contributed by atoms with E-state index >= 15 is 0 Å². The van der Waals surface area contributed by atoms with Crippen molar-refractivity contribution >= 4 is 16.9 Å². The minimum absolute atomic E-state index is 0.0513. The summed E-state index contributed by atoms with van der Waals surface area (Å²) in [6.45, 7) is 0.856. The van der Waals surface area contributed by atoms with Gasteiger partial charge < -0.3 is 14.6 Å². The molecule has 1 atom stereocenters. The van der Waals surface area contributed by atoms with Gasteiger partial charge in [-0.15, -0.1) is 0 Å². The van der Waals surface area contributed by atoms with Crippen LogP contribution in [0.4, 0.5) is 0 Å². The first-order valence-electron chi connectivity index (χ1n) is 7.63. The van der Waals surface area contributed by atoms with Crippen LogP contribution in [0, 0.1) is 0 Å². The van der Waals surface area contributed by atoms with E-state index in [-0.39, 0.29) is 11.8 Å². The van der Waals surface area contributed by atoms with Crippen LogP contribution in [0.3, 0.4) is 0 Å². The number of hydrogen-bond donors (Lipinski definition) is 1. The molecule has 1 amide bonds. The zero-order valence-corrected chi connectivity index (χ0v) is 12.8. The highest BCUT2D eigenvalue weighted by Crippen LogP contribution is 2.34. The van der Waals surface area contributed by atoms with Gasteiger partial charge in [-0.05, 0) is 18.2 Å². The third kappa shape index (κ3) is 2.44. The average molecular weight is 307 g/mol. The highest BCUT2D eigenvalue weighted by atomic mass is 16.5. The van der Waals surface area contributed by atoms with Crippen molar-refractivity contribution < 1.29 is 9.53 Å². The van der Waals surface area contributed by atoms with Crippen LogP contribution >= 0.6 is 0 Å². The number of ether oxygens (including phenoxy) is 1. The van der Waals surface area contributed by atoms with Gasteiger partial charge in [0.15, 0.2) is 0 Å². The van der Waals surface area contributed by atoms with E-state index in [2.05, 4.69) is 9.97 Å². The summed E-state index contributed by atoms with van der Waals surface area (Å²) in [5.41, 5.74) is 2.87. The first-order valence-corrected chi connectivity index (χ1v) is 7.63. The van der Waals surface area contributed by atoms with Crippen molar-refractivity contribution in [2.24, 2.45) is 0 Å². The number of nitrogens with one attached hydrogen (secondary N) is 1. The fourth-order valence-corrected chi connectivity index (χ4v) is 3.02. The van der Waals surface area contributed by atoms with Gasteiger partial charge in [0, 0.05) is 12.6 Å². The molecule has 23 heavy (non-hydrogen) atoms. The van der Waals surface area contributed by atoms with Crippen molar-refractivity contribution in [3.8, 4) is 5.75 Å². The van der Waals surface area contributed by atoms with E-state index in [1.54, 1.807) is 11.9 Å². The van der Waals surface area contributed by atoms with Crippen LogP contribution < -0.4 is 4.74 Å². The molecule has 2 aromatic carbocycles. The summed E-state index contributed by atoms with van der Waals surface area (Å²) in [6, 6.07) is 15.6. The van der Waals surface area contributed by atoms with Crippen molar-refractivity contribution in [3.63, 3.8) is 0 Å². The molecule has 5 nitrogen and oxygen atoms in total. The summed E-state index contributed by atoms with van der Waals surface area (Å²) in [7, 11) is 1.80. The summed E-state index contributed by atoms with van der Waals surface area (Å²) in [5.74, 6) is 1.41. The SMILES string of the molecule is CN(Cc1nc2ccccc2[nH]1)C(=O)[C@H]1COc2ccccc21. The standard InChI is InChI=1S/C18H17N3O2/c1-21(10-17-19-14-7-3-4-8-15(14)20-17)18(22)13-11-23-16-9-5-2-6-12(13)16/h2-9,13H,10-11H2,1H3,(H,19,20)/t13-/m0/s1. The van der Waals surface area contributed by atoms with Gasteiger partial charge in [0.05, 0.1) is 17.6 Å². The molecule has 1 aliphatic heterocycles. The van der Waals surface area contributed by atoms with Crippen molar-refractivity contribution in [2.75, 3.05) is 13.7 Å². The zero-order valence-electron chi connectivity index (χ0n) is 12.8. The molecule has 2 heterocycles. The number of carbonyl (C=O) groups excluding carboxylic acids is 1. The van der Waals surface area contributed by atoms with Crippen LogP contribution in [0.5, 0.6) is 5.75 Å². The predicted molar refractivity (Wildman–Crippen MR) is 87.2 cm³/mol. The molecule has 1 N–H and O–H groups in total. The van der Waals surface area contributed by atoms with E-state index in [1.807, 2.05) is 48.5 Å². The van der Waals surface area contributed by atoms with E-state index in [0.29, 0.717) is 13.2 Å². The number of imidazole rings is 1. The van der Waals surface area contributed by atoms with Gasteiger partial charge in [-0.1, -0.05) is 30.3 Å². The van der Waals surface area contributed by atoms with Crippen LogP contribution in [0.15, 0.2) is 48.5 Å². The van der Waals surface area contributed by atoms with Crippen molar-refractivity contribution in [3.05, 3.63) is 59.9 Å². The van der Waals surface area contributed by atoms with Crippen LogP contribution in [0.25, 0.3) is 11.0 Å². The van der Waals surface area contributed by atoms with Crippen molar-refractivity contribution in [1.29, 1.82) is 0 Å². The first kappa shape index (κ1) is 13.8. The number of para-hydroxylation sites is 3. The van der Waals surface area contributed by atoms with Gasteiger partial charge in [-0.25, -0.2) is 4.98 Å². The molecule has 0 aliphatic carbocycles. The fourth-order valence-electron chi connectivity index (χ4n) is 3.02. The Kier molecular flexibility index (Phi) is 3.26. The lowest BCUT2D eigenvalue weighted by Crippen LogP contribution is -2.32. The average Bonchev–Trinajstić information content (AvgIpc) is 3.17. The minimum atomic E-state index is -0.236. The number of amides is 1. The maximum atomic E-state index is 12.7. The summed E-state index contributed by atoms with van der Waals surface area (Å²) in [4.78, 5) is 22.2. The number of aromatic amines is 1. The molecule has 1 aromatic heterocycles. The highest BCUT2D eigenvalue weighted by molar-refractivity contribution is 5.85. The molecule has 3 aromatic rings. The number of likely N-dealkylation sites (N-methyl/N-ethyl adjacent to an activating group) is 1. The smallest absolute Gasteiger partial charge is 0.233 e. The maximum absolute atomic E-state index is 12.7. The van der Waals surface area contributed by atoms with E-state index in [0.717, 1.165) is 28.2 Å². The molecule has 0 saturated carbocycles. The quantitative estimate of drug-likeness (QED) is 0.809. The first-order chi connectivity index (χ1) is 11.2. The van der Waals surface area contributed by atoms with Gasteiger partial charge >= 0.3 is 0 Å². The third-order valence-corrected chi connectivity index (χ3v) is 4.20. The number of carbonyl (C=O) groups is 1. The topological polar surface area (TPSA) is 58.2 Å². The van der Waals surface area contributed by atoms with Gasteiger partial charge in [0.1, 0.15) is 24.1 Å². The summed E-state index contributed by atoms with van der Waals surface area (Å²) in [5, 5.41) is 0. The molecule has 0 radical (unpaired) electrons. The Morgan fingerprint density at radius 1 is 1.26 bits per heavy atom. The Morgan fingerprint density at radius 3 is 2.91 bits per heavy atom. The number of rotatable bonds is 3. The van der Waals surface area contributed by atoms with Gasteiger partial charge in [0.25, 0.3) is 0 Å². The van der Waals surface area contributed by atoms with Gasteiger partial charge in [0.2, 0.25) is 5.91 Å². The van der Waals surface area contributed by atoms with Crippen LogP contribution in [0.2, 0.25) is 0 Å². The highest BCUT2D eigenvalue weighted by Gasteiger charge is 2.32. The molecule has 1 aliphatic rings. The molecule has 0 unspecified atom stereocenters. The molecule has 0 spiro atoms. The summed E-state index contributed by atoms with van der Waals surface area (Å²) < 4.78 is 5.61. The van der Waals surface area contributed by atoms with E-state index in [1.165, 1.54) is 0 Å². The largest absolute Gasteiger partial charge is 0.492 e. The van der Waals surface area contributed by atoms with E-state index in [9.17, 15) is 4.79 Å². The van der Waals surface area contributed by atoms with E-state index in [4.69, 9.17) is 4.74 Å². The Balaban J connectivity index is 1.53. The predicted octanol–water partition coefficient (Wildman–Crippen LogP) is 2.70. The van der Waals surface area contributed by atoms with Crippen molar-refractivity contribution in [2.45, 2.75) is 12.5 Å². The van der Waals surface area contributed by atoms with Gasteiger partial charge in [-0.3, -0.25) is 4.79 Å². The Hall–Kier alpha value is -2.82. The summed E-state index contributed by atoms with van der Waals surface area (Å²) in [6.07, 6.45) is 0. The van der Waals surface area contributed by atoms with Crippen LogP contribution in [0.1, 0.15) is 17.3 Å².